The zero-order valence-corrected chi connectivity index (χ0v) is 16.6. The average molecular weight is 380 g/mol. The van der Waals surface area contributed by atoms with Gasteiger partial charge in [-0.2, -0.15) is 0 Å². The van der Waals surface area contributed by atoms with Crippen LogP contribution >= 0.6 is 0 Å². The molecular weight excluding hydrogens is 352 g/mol. The zero-order valence-electron chi connectivity index (χ0n) is 16.6. The van der Waals surface area contributed by atoms with Crippen molar-refractivity contribution in [2.45, 2.75) is 39.2 Å². The maximum absolute atomic E-state index is 12.5. The number of carbonyl (C=O) groups is 2. The molecule has 0 bridgehead atoms. The van der Waals surface area contributed by atoms with Crippen LogP contribution in [0.15, 0.2) is 48.5 Å². The van der Waals surface area contributed by atoms with Crippen molar-refractivity contribution in [3.8, 4) is 5.75 Å². The van der Waals surface area contributed by atoms with E-state index in [-0.39, 0.29) is 24.5 Å². The van der Waals surface area contributed by atoms with Crippen molar-refractivity contribution < 1.29 is 14.3 Å². The minimum Gasteiger partial charge on any atom is -0.483 e. The largest absolute Gasteiger partial charge is 0.483 e. The topological polar surface area (TPSA) is 58.6 Å². The fourth-order valence-electron chi connectivity index (χ4n) is 3.53. The Morgan fingerprint density at radius 1 is 1.07 bits per heavy atom. The fourth-order valence-corrected chi connectivity index (χ4v) is 3.53. The van der Waals surface area contributed by atoms with Gasteiger partial charge in [0, 0.05) is 24.7 Å². The highest BCUT2D eigenvalue weighted by atomic mass is 16.5. The lowest BCUT2D eigenvalue weighted by atomic mass is 10.0. The fraction of sp³-hybridized carbons (Fsp3) is 0.391. The molecule has 2 amide bonds. The van der Waals surface area contributed by atoms with Gasteiger partial charge < -0.3 is 15.0 Å². The van der Waals surface area contributed by atoms with Crippen molar-refractivity contribution in [3.05, 3.63) is 65.2 Å². The molecule has 3 rings (SSSR count). The van der Waals surface area contributed by atoms with E-state index in [0.717, 1.165) is 36.1 Å². The number of para-hydroxylation sites is 1. The van der Waals surface area contributed by atoms with Crippen molar-refractivity contribution in [2.75, 3.05) is 19.7 Å². The lowest BCUT2D eigenvalue weighted by Gasteiger charge is -2.32. The molecule has 148 valence electrons. The molecule has 0 radical (unpaired) electrons. The molecule has 0 atom stereocenters. The number of likely N-dealkylation sites (tertiary alicyclic amines) is 1. The van der Waals surface area contributed by atoms with E-state index < -0.39 is 0 Å². The summed E-state index contributed by atoms with van der Waals surface area (Å²) in [6.07, 6.45) is 2.39. The molecular formula is C23H28N2O3. The highest BCUT2D eigenvalue weighted by Gasteiger charge is 2.24. The normalized spacial score (nSPS) is 14.6. The summed E-state index contributed by atoms with van der Waals surface area (Å²) in [5.41, 5.74) is 2.79. The van der Waals surface area contributed by atoms with Crippen LogP contribution in [-0.4, -0.2) is 42.5 Å². The summed E-state index contributed by atoms with van der Waals surface area (Å²) in [6.45, 7) is 5.33. The van der Waals surface area contributed by atoms with E-state index in [1.165, 1.54) is 0 Å². The van der Waals surface area contributed by atoms with Crippen LogP contribution in [0.2, 0.25) is 0 Å². The van der Waals surface area contributed by atoms with Gasteiger partial charge in [0.2, 0.25) is 0 Å². The van der Waals surface area contributed by atoms with Gasteiger partial charge in [-0.15, -0.1) is 0 Å². The average Bonchev–Trinajstić information content (AvgIpc) is 2.73. The number of ether oxygens (including phenoxy) is 1. The minimum absolute atomic E-state index is 0.00501. The minimum atomic E-state index is -0.0395. The number of piperidine rings is 1. The quantitative estimate of drug-likeness (QED) is 0.836. The van der Waals surface area contributed by atoms with Gasteiger partial charge in [-0.25, -0.2) is 0 Å². The molecule has 0 spiro atoms. The van der Waals surface area contributed by atoms with E-state index in [4.69, 9.17) is 4.74 Å². The summed E-state index contributed by atoms with van der Waals surface area (Å²) < 4.78 is 5.74. The van der Waals surface area contributed by atoms with Gasteiger partial charge in [-0.05, 0) is 49.4 Å². The number of hydrogen-bond donors (Lipinski definition) is 1. The van der Waals surface area contributed by atoms with E-state index in [2.05, 4.69) is 12.2 Å². The van der Waals surface area contributed by atoms with Crippen LogP contribution in [0.5, 0.6) is 5.75 Å². The zero-order chi connectivity index (χ0) is 19.9. The predicted molar refractivity (Wildman–Crippen MR) is 110 cm³/mol. The number of carbonyl (C=O) groups excluding carboxylic acids is 2. The molecule has 0 aliphatic carbocycles. The first-order valence-corrected chi connectivity index (χ1v) is 9.93. The van der Waals surface area contributed by atoms with Gasteiger partial charge in [-0.3, -0.25) is 9.59 Å². The van der Waals surface area contributed by atoms with E-state index in [9.17, 15) is 9.59 Å². The molecule has 0 unspecified atom stereocenters. The Kier molecular flexibility index (Phi) is 6.69. The van der Waals surface area contributed by atoms with Crippen LogP contribution in [0.3, 0.4) is 0 Å². The van der Waals surface area contributed by atoms with Crippen molar-refractivity contribution in [1.29, 1.82) is 0 Å². The standard InChI is InChI=1S/C23H28N2O3/c1-3-18-9-5-7-11-21(18)28-16-22(26)25-14-12-19(13-15-25)24-23(27)20-10-6-4-8-17(20)2/h4-11,19H,3,12-16H2,1-2H3,(H,24,27). The highest BCUT2D eigenvalue weighted by molar-refractivity contribution is 5.95. The molecule has 1 heterocycles. The van der Waals surface area contributed by atoms with Crippen LogP contribution in [0.4, 0.5) is 0 Å². The summed E-state index contributed by atoms with van der Waals surface area (Å²) in [4.78, 5) is 26.8. The van der Waals surface area contributed by atoms with Gasteiger partial charge >= 0.3 is 0 Å². The molecule has 1 N–H and O–H groups in total. The van der Waals surface area contributed by atoms with Gasteiger partial charge in [-0.1, -0.05) is 43.3 Å². The number of rotatable bonds is 6. The molecule has 0 saturated carbocycles. The lowest BCUT2D eigenvalue weighted by molar-refractivity contribution is -0.134. The first kappa shape index (κ1) is 19.9. The summed E-state index contributed by atoms with van der Waals surface area (Å²) >= 11 is 0. The second-order valence-electron chi connectivity index (χ2n) is 7.19. The maximum atomic E-state index is 12.5. The Bertz CT molecular complexity index is 826. The summed E-state index contributed by atoms with van der Waals surface area (Å²) in [5.74, 6) is 0.732. The van der Waals surface area contributed by atoms with Crippen molar-refractivity contribution >= 4 is 11.8 Å². The van der Waals surface area contributed by atoms with Crippen LogP contribution < -0.4 is 10.1 Å². The van der Waals surface area contributed by atoms with Crippen molar-refractivity contribution in [1.82, 2.24) is 10.2 Å². The lowest BCUT2D eigenvalue weighted by Crippen LogP contribution is -2.47. The van der Waals surface area contributed by atoms with Crippen LogP contribution in [-0.2, 0) is 11.2 Å². The Morgan fingerprint density at radius 2 is 1.75 bits per heavy atom. The molecule has 2 aromatic carbocycles. The Labute approximate surface area is 166 Å². The summed E-state index contributed by atoms with van der Waals surface area (Å²) in [7, 11) is 0. The summed E-state index contributed by atoms with van der Waals surface area (Å²) in [5, 5.41) is 3.10. The maximum Gasteiger partial charge on any atom is 0.260 e. The van der Waals surface area contributed by atoms with Crippen LogP contribution in [0.1, 0.15) is 41.3 Å². The Balaban J connectivity index is 1.46. The van der Waals surface area contributed by atoms with Crippen LogP contribution in [0.25, 0.3) is 0 Å². The number of amides is 2. The number of hydrogen-bond acceptors (Lipinski definition) is 3. The second kappa shape index (κ2) is 9.40. The Hall–Kier alpha value is -2.82. The molecule has 5 heteroatoms. The molecule has 1 aliphatic rings. The second-order valence-corrected chi connectivity index (χ2v) is 7.19. The van der Waals surface area contributed by atoms with E-state index >= 15 is 0 Å². The number of nitrogens with one attached hydrogen (secondary N) is 1. The molecule has 2 aromatic rings. The third-order valence-corrected chi connectivity index (χ3v) is 5.28. The van der Waals surface area contributed by atoms with Gasteiger partial charge in [0.25, 0.3) is 11.8 Å². The highest BCUT2D eigenvalue weighted by Crippen LogP contribution is 2.19. The first-order valence-electron chi connectivity index (χ1n) is 9.93. The van der Waals surface area contributed by atoms with E-state index in [0.29, 0.717) is 18.7 Å². The smallest absolute Gasteiger partial charge is 0.260 e. The molecule has 0 aromatic heterocycles. The van der Waals surface area contributed by atoms with Crippen LogP contribution in [0, 0.1) is 6.92 Å². The number of nitrogens with zero attached hydrogens (tertiary/aromatic N) is 1. The third-order valence-electron chi connectivity index (χ3n) is 5.28. The van der Waals surface area contributed by atoms with Gasteiger partial charge in [0.1, 0.15) is 5.75 Å². The number of aryl methyl sites for hydroxylation is 2. The number of benzene rings is 2. The van der Waals surface area contributed by atoms with Gasteiger partial charge in [0.05, 0.1) is 0 Å². The van der Waals surface area contributed by atoms with Crippen molar-refractivity contribution in [2.24, 2.45) is 0 Å². The molecule has 1 aliphatic heterocycles. The van der Waals surface area contributed by atoms with E-state index in [1.54, 1.807) is 0 Å². The SMILES string of the molecule is CCc1ccccc1OCC(=O)N1CCC(NC(=O)c2ccccc2C)CC1. The predicted octanol–water partition coefficient (Wildman–Crippen LogP) is 3.36. The third kappa shape index (κ3) is 4.91. The molecule has 28 heavy (non-hydrogen) atoms. The molecule has 5 nitrogen and oxygen atoms in total. The van der Waals surface area contributed by atoms with E-state index in [1.807, 2.05) is 60.4 Å². The Morgan fingerprint density at radius 3 is 2.46 bits per heavy atom. The molecule has 1 saturated heterocycles. The monoisotopic (exact) mass is 380 g/mol. The summed E-state index contributed by atoms with van der Waals surface area (Å²) in [6, 6.07) is 15.5. The van der Waals surface area contributed by atoms with Crippen molar-refractivity contribution in [3.63, 3.8) is 0 Å². The van der Waals surface area contributed by atoms with Gasteiger partial charge in [0.15, 0.2) is 6.61 Å². The molecule has 1 fully saturated rings. The first-order chi connectivity index (χ1) is 13.6.